The average Bonchev–Trinajstić information content (AvgIpc) is 2.60. The second-order valence-electron chi connectivity index (χ2n) is 5.98. The molecule has 1 aliphatic rings. The van der Waals surface area contributed by atoms with E-state index in [1.165, 1.54) is 6.07 Å². The van der Waals surface area contributed by atoms with E-state index in [1.54, 1.807) is 12.9 Å². The normalized spacial score (nSPS) is 16.4. The number of hydrogen-bond acceptors (Lipinski definition) is 7. The van der Waals surface area contributed by atoms with Gasteiger partial charge >= 0.3 is 18.7 Å². The van der Waals surface area contributed by atoms with Crippen LogP contribution in [0.2, 0.25) is 6.82 Å². The molecule has 0 radical (unpaired) electrons. The van der Waals surface area contributed by atoms with Gasteiger partial charge in [-0.3, -0.25) is 10.1 Å². The highest BCUT2D eigenvalue weighted by Gasteiger charge is 2.24. The van der Waals surface area contributed by atoms with Gasteiger partial charge in [-0.05, 0) is 37.8 Å². The lowest BCUT2D eigenvalue weighted by Crippen LogP contribution is -2.41. The van der Waals surface area contributed by atoms with Crippen LogP contribution in [-0.2, 0) is 9.53 Å². The number of rotatable bonds is 6. The maximum absolute atomic E-state index is 14.3. The van der Waals surface area contributed by atoms with Crippen molar-refractivity contribution in [3.63, 3.8) is 0 Å². The first kappa shape index (κ1) is 19.9. The molecule has 0 spiro atoms. The van der Waals surface area contributed by atoms with Gasteiger partial charge < -0.3 is 19.3 Å². The number of carbonyl (C=O) groups is 1. The molecule has 1 saturated heterocycles. The van der Waals surface area contributed by atoms with Gasteiger partial charge in [0.1, 0.15) is 0 Å². The Bertz CT molecular complexity index is 725. The molecule has 2 rings (SSSR count). The molecule has 140 valence electrons. The van der Waals surface area contributed by atoms with Crippen molar-refractivity contribution in [1.29, 1.82) is 0 Å². The van der Waals surface area contributed by atoms with Crippen LogP contribution in [0.1, 0.15) is 18.4 Å². The van der Waals surface area contributed by atoms with E-state index in [2.05, 4.69) is 4.74 Å². The fourth-order valence-electron chi connectivity index (χ4n) is 2.75. The zero-order valence-electron chi connectivity index (χ0n) is 14.6. The summed E-state index contributed by atoms with van der Waals surface area (Å²) in [6, 6.07) is 2.32. The number of nitrogens with zero attached hydrogens (tertiary/aromatic N) is 2. The first-order chi connectivity index (χ1) is 12.3. The number of carbonyl (C=O) groups excluding carboxylic acids is 1. The number of piperidine rings is 1. The number of ether oxygens (including phenoxy) is 2. The number of hydrogen-bond donors (Lipinski definition) is 1. The number of methoxy groups -OCH3 is 1. The summed E-state index contributed by atoms with van der Waals surface area (Å²) >= 11 is 0. The molecule has 0 unspecified atom stereocenters. The van der Waals surface area contributed by atoms with Crippen LogP contribution < -0.4 is 4.74 Å². The minimum absolute atomic E-state index is 0.321. The molecule has 0 saturated carbocycles. The van der Waals surface area contributed by atoms with Gasteiger partial charge in [0, 0.05) is 12.6 Å². The lowest BCUT2D eigenvalue weighted by atomic mass is 9.82. The molecule has 0 amide bonds. The quantitative estimate of drug-likeness (QED) is 0.355. The van der Waals surface area contributed by atoms with Crippen molar-refractivity contribution in [2.24, 2.45) is 0 Å². The largest absolute Gasteiger partial charge is 0.473 e. The highest BCUT2D eigenvalue weighted by atomic mass is 19.1. The maximum atomic E-state index is 14.3. The molecule has 1 fully saturated rings. The Morgan fingerprint density at radius 2 is 2.27 bits per heavy atom. The van der Waals surface area contributed by atoms with E-state index in [0.717, 1.165) is 38.1 Å². The molecule has 0 bridgehead atoms. The van der Waals surface area contributed by atoms with Crippen molar-refractivity contribution < 1.29 is 28.6 Å². The van der Waals surface area contributed by atoms with Crippen molar-refractivity contribution >= 4 is 24.8 Å². The van der Waals surface area contributed by atoms with Crippen LogP contribution in [0, 0.1) is 15.9 Å². The van der Waals surface area contributed by atoms with Crippen molar-refractivity contribution in [2.75, 3.05) is 26.8 Å². The Morgan fingerprint density at radius 1 is 1.54 bits per heavy atom. The lowest BCUT2D eigenvalue weighted by molar-refractivity contribution is -0.386. The smallest absolute Gasteiger partial charge is 0.376 e. The van der Waals surface area contributed by atoms with Gasteiger partial charge in [0.05, 0.1) is 12.0 Å². The minimum Gasteiger partial charge on any atom is -0.473 e. The molecule has 26 heavy (non-hydrogen) atoms. The summed E-state index contributed by atoms with van der Waals surface area (Å²) in [7, 11) is 0.533. The number of benzene rings is 1. The fourth-order valence-corrected chi connectivity index (χ4v) is 2.75. The van der Waals surface area contributed by atoms with Crippen LogP contribution in [0.4, 0.5) is 10.1 Å². The van der Waals surface area contributed by atoms with Gasteiger partial charge in [0.15, 0.2) is 12.4 Å². The number of nitro benzene ring substituents is 1. The molecule has 10 heteroatoms. The van der Waals surface area contributed by atoms with Gasteiger partial charge in [-0.1, -0.05) is 11.6 Å². The highest BCUT2D eigenvalue weighted by molar-refractivity contribution is 6.45. The van der Waals surface area contributed by atoms with Crippen LogP contribution in [0.25, 0.3) is 6.08 Å². The summed E-state index contributed by atoms with van der Waals surface area (Å²) in [5.74, 6) is -2.31. The first-order valence-corrected chi connectivity index (χ1v) is 8.11. The summed E-state index contributed by atoms with van der Waals surface area (Å²) in [6.07, 6.45) is 3.27. The van der Waals surface area contributed by atoms with Crippen LogP contribution in [0.5, 0.6) is 5.75 Å². The van der Waals surface area contributed by atoms with Crippen LogP contribution in [0.15, 0.2) is 17.7 Å². The van der Waals surface area contributed by atoms with Gasteiger partial charge in [0.25, 0.3) is 0 Å². The zero-order chi connectivity index (χ0) is 19.3. The third-order valence-corrected chi connectivity index (χ3v) is 4.05. The monoisotopic (exact) mass is 366 g/mol. The molecule has 0 atom stereocenters. The molecule has 1 N–H and O–H groups in total. The van der Waals surface area contributed by atoms with Crippen molar-refractivity contribution in [3.8, 4) is 5.75 Å². The Kier molecular flexibility index (Phi) is 6.70. The Morgan fingerprint density at radius 3 is 2.88 bits per heavy atom. The summed E-state index contributed by atoms with van der Waals surface area (Å²) in [5.41, 5.74) is 0.695. The zero-order valence-corrected chi connectivity index (χ0v) is 14.6. The summed E-state index contributed by atoms with van der Waals surface area (Å²) in [4.78, 5) is 23.5. The van der Waals surface area contributed by atoms with E-state index < -0.39 is 41.8 Å². The second-order valence-corrected chi connectivity index (χ2v) is 5.98. The van der Waals surface area contributed by atoms with E-state index in [1.807, 2.05) is 4.81 Å². The number of nitro groups is 1. The molecular weight excluding hydrogens is 346 g/mol. The van der Waals surface area contributed by atoms with Crippen LogP contribution in [0.3, 0.4) is 0 Å². The molecule has 0 aromatic heterocycles. The Labute approximate surface area is 150 Å². The Balaban J connectivity index is 2.29. The van der Waals surface area contributed by atoms with E-state index in [9.17, 15) is 24.3 Å². The van der Waals surface area contributed by atoms with Crippen molar-refractivity contribution in [3.05, 3.63) is 39.2 Å². The van der Waals surface area contributed by atoms with E-state index >= 15 is 0 Å². The van der Waals surface area contributed by atoms with Gasteiger partial charge in [-0.25, -0.2) is 9.18 Å². The molecule has 8 nitrogen and oxygen atoms in total. The van der Waals surface area contributed by atoms with Crippen LogP contribution in [-0.4, -0.2) is 54.6 Å². The van der Waals surface area contributed by atoms with Gasteiger partial charge in [-0.2, -0.15) is 0 Å². The topological polar surface area (TPSA) is 102 Å². The van der Waals surface area contributed by atoms with E-state index in [0.29, 0.717) is 12.1 Å². The third-order valence-electron chi connectivity index (χ3n) is 4.05. The molecule has 1 aromatic rings. The predicted molar refractivity (Wildman–Crippen MR) is 93.2 cm³/mol. The average molecular weight is 366 g/mol. The van der Waals surface area contributed by atoms with E-state index in [-0.39, 0.29) is 0 Å². The summed E-state index contributed by atoms with van der Waals surface area (Å²) in [5, 5.41) is 20.9. The van der Waals surface area contributed by atoms with E-state index in [4.69, 9.17) is 4.74 Å². The Hall–Kier alpha value is -2.46. The molecular formula is C16H20BFN2O6. The lowest BCUT2D eigenvalue weighted by Gasteiger charge is -2.29. The predicted octanol–water partition coefficient (Wildman–Crippen LogP) is 1.88. The summed E-state index contributed by atoms with van der Waals surface area (Å²) in [6.45, 7) is 2.30. The highest BCUT2D eigenvalue weighted by Crippen LogP contribution is 2.33. The molecule has 1 aromatic carbocycles. The first-order valence-electron chi connectivity index (χ1n) is 8.11. The van der Waals surface area contributed by atoms with Crippen molar-refractivity contribution in [2.45, 2.75) is 19.7 Å². The minimum atomic E-state index is -0.932. The standard InChI is InChI=1S/C16H20BFN2O6/c1-17(22)19-5-3-4-11(9-19)6-12-7-13(18)16(14(8-12)20(23)24)26-10-15(21)25-2/h6-8,22H,3-5,9-10H2,1-2H3. The number of esters is 1. The summed E-state index contributed by atoms with van der Waals surface area (Å²) < 4.78 is 23.6. The maximum Gasteiger partial charge on any atom is 0.376 e. The SMILES string of the molecule is COC(=O)COc1c(F)cc(C=C2CCCN(B(C)O)C2)cc1[N+](=O)[O-]. The van der Waals surface area contributed by atoms with Gasteiger partial charge in [0.2, 0.25) is 5.75 Å². The second kappa shape index (κ2) is 8.77. The van der Waals surface area contributed by atoms with Gasteiger partial charge in [-0.15, -0.1) is 0 Å². The van der Waals surface area contributed by atoms with Crippen molar-refractivity contribution in [1.82, 2.24) is 4.81 Å². The molecule has 1 heterocycles. The third kappa shape index (κ3) is 5.02. The van der Waals surface area contributed by atoms with Crippen LogP contribution >= 0.6 is 0 Å². The molecule has 0 aliphatic carbocycles. The number of halogens is 1. The fraction of sp³-hybridized carbons (Fsp3) is 0.438. The molecule has 1 aliphatic heterocycles.